The SMILES string of the molecule is C=CCc1cc(O)c(O)c(-c2cc(CC=C)cc(OC)c2OC)c1. The molecule has 0 aliphatic heterocycles. The summed E-state index contributed by atoms with van der Waals surface area (Å²) >= 11 is 0. The Bertz CT molecular complexity index is 763. The zero-order valence-electron chi connectivity index (χ0n) is 14.0. The highest BCUT2D eigenvalue weighted by atomic mass is 16.5. The predicted octanol–water partition coefficient (Wildman–Crippen LogP) is 4.24. The van der Waals surface area contributed by atoms with Crippen molar-refractivity contribution in [2.45, 2.75) is 12.8 Å². The van der Waals surface area contributed by atoms with Gasteiger partial charge in [0, 0.05) is 11.1 Å². The van der Waals surface area contributed by atoms with Gasteiger partial charge in [-0.1, -0.05) is 12.2 Å². The third-order valence-electron chi connectivity index (χ3n) is 3.74. The van der Waals surface area contributed by atoms with Gasteiger partial charge >= 0.3 is 0 Å². The normalized spacial score (nSPS) is 10.2. The average molecular weight is 326 g/mol. The lowest BCUT2D eigenvalue weighted by atomic mass is 9.96. The van der Waals surface area contributed by atoms with Gasteiger partial charge in [0.2, 0.25) is 0 Å². The van der Waals surface area contributed by atoms with Crippen LogP contribution in [0.4, 0.5) is 0 Å². The smallest absolute Gasteiger partial charge is 0.168 e. The molecule has 0 aliphatic carbocycles. The summed E-state index contributed by atoms with van der Waals surface area (Å²) in [5, 5.41) is 20.4. The van der Waals surface area contributed by atoms with Crippen molar-refractivity contribution in [3.63, 3.8) is 0 Å². The van der Waals surface area contributed by atoms with E-state index in [1.54, 1.807) is 26.4 Å². The van der Waals surface area contributed by atoms with E-state index in [2.05, 4.69) is 13.2 Å². The zero-order valence-corrected chi connectivity index (χ0v) is 14.0. The molecular weight excluding hydrogens is 304 g/mol. The molecule has 0 bridgehead atoms. The summed E-state index contributed by atoms with van der Waals surface area (Å²) in [6, 6.07) is 7.10. The van der Waals surface area contributed by atoms with Crippen LogP contribution in [-0.2, 0) is 12.8 Å². The Morgan fingerprint density at radius 2 is 1.46 bits per heavy atom. The molecule has 0 radical (unpaired) electrons. The number of benzene rings is 2. The Hall–Kier alpha value is -2.88. The highest BCUT2D eigenvalue weighted by molar-refractivity contribution is 5.81. The van der Waals surface area contributed by atoms with Crippen molar-refractivity contribution in [3.8, 4) is 34.1 Å². The van der Waals surface area contributed by atoms with Crippen molar-refractivity contribution < 1.29 is 19.7 Å². The topological polar surface area (TPSA) is 58.9 Å². The number of phenols is 2. The first kappa shape index (κ1) is 17.5. The molecule has 2 aromatic rings. The quantitative estimate of drug-likeness (QED) is 0.590. The van der Waals surface area contributed by atoms with Gasteiger partial charge in [-0.2, -0.15) is 0 Å². The minimum Gasteiger partial charge on any atom is -0.504 e. The maximum Gasteiger partial charge on any atom is 0.168 e. The summed E-state index contributed by atoms with van der Waals surface area (Å²) in [5.41, 5.74) is 2.93. The first-order chi connectivity index (χ1) is 11.5. The molecule has 0 fully saturated rings. The van der Waals surface area contributed by atoms with Gasteiger partial charge in [-0.25, -0.2) is 0 Å². The summed E-state index contributed by atoms with van der Waals surface area (Å²) in [6.45, 7) is 7.46. The predicted molar refractivity (Wildman–Crippen MR) is 96.1 cm³/mol. The molecule has 24 heavy (non-hydrogen) atoms. The van der Waals surface area contributed by atoms with E-state index in [0.29, 0.717) is 35.5 Å². The van der Waals surface area contributed by atoms with E-state index in [1.165, 1.54) is 6.07 Å². The Labute approximate surface area is 142 Å². The van der Waals surface area contributed by atoms with Crippen LogP contribution >= 0.6 is 0 Å². The second kappa shape index (κ2) is 7.59. The molecule has 2 N–H and O–H groups in total. The van der Waals surface area contributed by atoms with Crippen LogP contribution in [-0.4, -0.2) is 24.4 Å². The van der Waals surface area contributed by atoms with Gasteiger partial charge in [0.1, 0.15) is 0 Å². The monoisotopic (exact) mass is 326 g/mol. The minimum atomic E-state index is -0.195. The first-order valence-electron chi connectivity index (χ1n) is 7.57. The summed E-state index contributed by atoms with van der Waals surface area (Å²) in [7, 11) is 3.10. The molecule has 126 valence electrons. The van der Waals surface area contributed by atoms with Crippen LogP contribution in [0.5, 0.6) is 23.0 Å². The van der Waals surface area contributed by atoms with Gasteiger partial charge in [-0.3, -0.25) is 0 Å². The molecule has 0 heterocycles. The fourth-order valence-corrected chi connectivity index (χ4v) is 2.67. The number of aromatic hydroxyl groups is 2. The summed E-state index contributed by atoms with van der Waals surface area (Å²) in [4.78, 5) is 0. The van der Waals surface area contributed by atoms with Gasteiger partial charge in [0.15, 0.2) is 23.0 Å². The Morgan fingerprint density at radius 1 is 0.875 bits per heavy atom. The zero-order chi connectivity index (χ0) is 17.7. The van der Waals surface area contributed by atoms with E-state index >= 15 is 0 Å². The minimum absolute atomic E-state index is 0.181. The van der Waals surface area contributed by atoms with Gasteiger partial charge in [0.05, 0.1) is 14.2 Å². The Morgan fingerprint density at radius 3 is 2.00 bits per heavy atom. The lowest BCUT2D eigenvalue weighted by molar-refractivity contribution is 0.355. The van der Waals surface area contributed by atoms with Crippen LogP contribution in [0, 0.1) is 0 Å². The fourth-order valence-electron chi connectivity index (χ4n) is 2.67. The van der Waals surface area contributed by atoms with Crippen molar-refractivity contribution in [1.82, 2.24) is 0 Å². The summed E-state index contributed by atoms with van der Waals surface area (Å²) < 4.78 is 10.9. The van der Waals surface area contributed by atoms with Crippen LogP contribution in [0.3, 0.4) is 0 Å². The van der Waals surface area contributed by atoms with E-state index in [-0.39, 0.29) is 11.5 Å². The lowest BCUT2D eigenvalue weighted by Crippen LogP contribution is -1.97. The molecule has 0 saturated carbocycles. The number of ether oxygens (including phenoxy) is 2. The molecule has 0 spiro atoms. The highest BCUT2D eigenvalue weighted by Crippen LogP contribution is 2.45. The van der Waals surface area contributed by atoms with Gasteiger partial charge in [-0.15, -0.1) is 13.2 Å². The highest BCUT2D eigenvalue weighted by Gasteiger charge is 2.19. The fraction of sp³-hybridized carbons (Fsp3) is 0.200. The van der Waals surface area contributed by atoms with Crippen molar-refractivity contribution in [2.24, 2.45) is 0 Å². The van der Waals surface area contributed by atoms with Crippen LogP contribution in [0.2, 0.25) is 0 Å². The number of hydrogen-bond donors (Lipinski definition) is 2. The average Bonchev–Trinajstić information content (AvgIpc) is 2.57. The second-order valence-corrected chi connectivity index (χ2v) is 5.38. The van der Waals surface area contributed by atoms with Crippen molar-refractivity contribution >= 4 is 0 Å². The molecule has 2 aromatic carbocycles. The van der Waals surface area contributed by atoms with Crippen LogP contribution in [0.25, 0.3) is 11.1 Å². The first-order valence-corrected chi connectivity index (χ1v) is 7.57. The van der Waals surface area contributed by atoms with Gasteiger partial charge in [-0.05, 0) is 48.2 Å². The maximum absolute atomic E-state index is 10.4. The number of hydrogen-bond acceptors (Lipinski definition) is 4. The molecule has 0 amide bonds. The third kappa shape index (κ3) is 3.38. The second-order valence-electron chi connectivity index (χ2n) is 5.38. The third-order valence-corrected chi connectivity index (χ3v) is 3.74. The number of phenolic OH excluding ortho intramolecular Hbond substituents is 2. The number of methoxy groups -OCH3 is 2. The number of allylic oxidation sites excluding steroid dienone is 2. The Balaban J connectivity index is 2.76. The molecule has 0 aromatic heterocycles. The molecule has 2 rings (SSSR count). The van der Waals surface area contributed by atoms with E-state index in [1.807, 2.05) is 18.2 Å². The molecule has 0 saturated heterocycles. The van der Waals surface area contributed by atoms with Crippen LogP contribution < -0.4 is 9.47 Å². The molecule has 4 nitrogen and oxygen atoms in total. The summed E-state index contributed by atoms with van der Waals surface area (Å²) in [5.74, 6) is 0.675. The molecule has 0 atom stereocenters. The Kier molecular flexibility index (Phi) is 5.53. The van der Waals surface area contributed by atoms with Crippen LogP contribution in [0.1, 0.15) is 11.1 Å². The van der Waals surface area contributed by atoms with Gasteiger partial charge in [0.25, 0.3) is 0 Å². The molecular formula is C20H22O4. The molecule has 0 unspecified atom stereocenters. The largest absolute Gasteiger partial charge is 0.504 e. The van der Waals surface area contributed by atoms with Crippen molar-refractivity contribution in [3.05, 3.63) is 60.7 Å². The van der Waals surface area contributed by atoms with E-state index in [0.717, 1.165) is 11.1 Å². The van der Waals surface area contributed by atoms with Crippen molar-refractivity contribution in [1.29, 1.82) is 0 Å². The standard InChI is InChI=1S/C20H22O4/c1-5-7-13-9-15(19(22)17(21)11-13)16-10-14(8-6-2)12-18(23-3)20(16)24-4/h5-6,9-12,21-22H,1-2,7-8H2,3-4H3. The van der Waals surface area contributed by atoms with E-state index in [4.69, 9.17) is 9.47 Å². The number of rotatable bonds is 7. The maximum atomic E-state index is 10.4. The van der Waals surface area contributed by atoms with Crippen LogP contribution in [0.15, 0.2) is 49.6 Å². The lowest BCUT2D eigenvalue weighted by Gasteiger charge is -2.17. The van der Waals surface area contributed by atoms with E-state index in [9.17, 15) is 10.2 Å². The summed E-state index contributed by atoms with van der Waals surface area (Å²) in [6.07, 6.45) is 4.75. The van der Waals surface area contributed by atoms with Crippen molar-refractivity contribution in [2.75, 3.05) is 14.2 Å². The molecule has 0 aliphatic rings. The molecule has 4 heteroatoms. The van der Waals surface area contributed by atoms with Gasteiger partial charge < -0.3 is 19.7 Å². The van der Waals surface area contributed by atoms with E-state index < -0.39 is 0 Å².